The van der Waals surface area contributed by atoms with E-state index in [1.165, 1.54) is 51.4 Å². The van der Waals surface area contributed by atoms with Crippen LogP contribution < -0.4 is 0 Å². The average Bonchev–Trinajstić information content (AvgIpc) is 2.88. The third kappa shape index (κ3) is 2.96. The van der Waals surface area contributed by atoms with Crippen LogP contribution in [-0.2, 0) is 9.53 Å². The summed E-state index contributed by atoms with van der Waals surface area (Å²) in [5.74, 6) is 0.480. The van der Waals surface area contributed by atoms with E-state index in [2.05, 4.69) is 6.92 Å². The standard InChI is InChI=1S/C16H28O2/c1-2-3-4-5-6-9-12-18-15-13-14(17)16(15)10-7-8-11-16/h15H,2-13H2,1H3. The van der Waals surface area contributed by atoms with Crippen LogP contribution in [0.5, 0.6) is 0 Å². The van der Waals surface area contributed by atoms with Gasteiger partial charge in [-0.05, 0) is 19.3 Å². The summed E-state index contributed by atoms with van der Waals surface area (Å²) < 4.78 is 5.97. The summed E-state index contributed by atoms with van der Waals surface area (Å²) in [6.07, 6.45) is 13.4. The molecule has 0 saturated heterocycles. The number of hydrogen-bond donors (Lipinski definition) is 0. The van der Waals surface area contributed by atoms with E-state index in [1.54, 1.807) is 0 Å². The van der Waals surface area contributed by atoms with Crippen LogP contribution in [0.4, 0.5) is 0 Å². The molecule has 1 unspecified atom stereocenters. The van der Waals surface area contributed by atoms with Gasteiger partial charge in [-0.2, -0.15) is 0 Å². The molecule has 2 nitrogen and oxygen atoms in total. The molecule has 1 spiro atoms. The van der Waals surface area contributed by atoms with Gasteiger partial charge in [0.15, 0.2) is 0 Å². The van der Waals surface area contributed by atoms with Gasteiger partial charge in [-0.25, -0.2) is 0 Å². The molecule has 0 aromatic heterocycles. The summed E-state index contributed by atoms with van der Waals surface area (Å²) in [6, 6.07) is 0. The van der Waals surface area contributed by atoms with Gasteiger partial charge in [0.25, 0.3) is 0 Å². The molecular weight excluding hydrogens is 224 g/mol. The number of ether oxygens (including phenoxy) is 1. The van der Waals surface area contributed by atoms with Crippen molar-refractivity contribution in [3.8, 4) is 0 Å². The third-order valence-corrected chi connectivity index (χ3v) is 4.86. The molecule has 1 atom stereocenters. The van der Waals surface area contributed by atoms with Crippen molar-refractivity contribution in [2.24, 2.45) is 5.41 Å². The molecule has 2 aliphatic carbocycles. The maximum atomic E-state index is 11.8. The van der Waals surface area contributed by atoms with E-state index >= 15 is 0 Å². The zero-order valence-corrected chi connectivity index (χ0v) is 11.9. The lowest BCUT2D eigenvalue weighted by Gasteiger charge is -2.44. The molecule has 0 aliphatic heterocycles. The first-order valence-corrected chi connectivity index (χ1v) is 7.94. The van der Waals surface area contributed by atoms with E-state index < -0.39 is 0 Å². The minimum atomic E-state index is -0.0256. The highest BCUT2D eigenvalue weighted by Crippen LogP contribution is 2.51. The number of unbranched alkanes of at least 4 members (excludes halogenated alkanes) is 5. The predicted octanol–water partition coefficient (Wildman–Crippen LogP) is 4.27. The van der Waals surface area contributed by atoms with E-state index in [1.807, 2.05) is 0 Å². The summed E-state index contributed by atoms with van der Waals surface area (Å²) in [5.41, 5.74) is -0.0256. The molecule has 0 aromatic carbocycles. The molecule has 0 amide bonds. The molecule has 2 fully saturated rings. The summed E-state index contributed by atoms with van der Waals surface area (Å²) in [5, 5.41) is 0. The van der Waals surface area contributed by atoms with E-state index in [9.17, 15) is 4.79 Å². The summed E-state index contributed by atoms with van der Waals surface area (Å²) in [4.78, 5) is 11.8. The predicted molar refractivity (Wildman–Crippen MR) is 73.6 cm³/mol. The summed E-state index contributed by atoms with van der Waals surface area (Å²) in [7, 11) is 0. The Kier molecular flexibility index (Phi) is 5.23. The number of carbonyl (C=O) groups is 1. The Bertz CT molecular complexity index is 266. The molecule has 104 valence electrons. The Balaban J connectivity index is 1.56. The Morgan fingerprint density at radius 3 is 2.44 bits per heavy atom. The molecule has 0 N–H and O–H groups in total. The van der Waals surface area contributed by atoms with Gasteiger partial charge in [0, 0.05) is 13.0 Å². The van der Waals surface area contributed by atoms with Crippen LogP contribution in [0, 0.1) is 5.41 Å². The van der Waals surface area contributed by atoms with Crippen molar-refractivity contribution in [2.45, 2.75) is 83.7 Å². The highest BCUT2D eigenvalue weighted by molar-refractivity contribution is 5.92. The molecule has 2 aliphatic rings. The van der Waals surface area contributed by atoms with Gasteiger partial charge < -0.3 is 4.74 Å². The first kappa shape index (κ1) is 14.0. The fourth-order valence-corrected chi connectivity index (χ4v) is 3.55. The van der Waals surface area contributed by atoms with Crippen molar-refractivity contribution in [2.75, 3.05) is 6.61 Å². The van der Waals surface area contributed by atoms with Gasteiger partial charge >= 0.3 is 0 Å². The van der Waals surface area contributed by atoms with Gasteiger partial charge in [-0.3, -0.25) is 4.79 Å². The molecule has 18 heavy (non-hydrogen) atoms. The molecule has 2 saturated carbocycles. The van der Waals surface area contributed by atoms with Crippen LogP contribution in [0.3, 0.4) is 0 Å². The molecule has 0 radical (unpaired) electrons. The van der Waals surface area contributed by atoms with Crippen LogP contribution >= 0.6 is 0 Å². The SMILES string of the molecule is CCCCCCCCOC1CC(=O)C12CCCC2. The molecule has 0 bridgehead atoms. The molecule has 0 heterocycles. The van der Waals surface area contributed by atoms with Gasteiger partial charge in [0.1, 0.15) is 5.78 Å². The van der Waals surface area contributed by atoms with Crippen molar-refractivity contribution in [3.63, 3.8) is 0 Å². The lowest BCUT2D eigenvalue weighted by atomic mass is 9.63. The Hall–Kier alpha value is -0.370. The second kappa shape index (κ2) is 6.70. The van der Waals surface area contributed by atoms with Gasteiger partial charge in [-0.1, -0.05) is 51.9 Å². The third-order valence-electron chi connectivity index (χ3n) is 4.86. The van der Waals surface area contributed by atoms with E-state index in [0.717, 1.165) is 19.4 Å². The van der Waals surface area contributed by atoms with Gasteiger partial charge in [0.2, 0.25) is 0 Å². The number of carbonyl (C=O) groups excluding carboxylic acids is 1. The number of hydrogen-bond acceptors (Lipinski definition) is 2. The summed E-state index contributed by atoms with van der Waals surface area (Å²) >= 11 is 0. The van der Waals surface area contributed by atoms with Gasteiger partial charge in [0.05, 0.1) is 11.5 Å². The largest absolute Gasteiger partial charge is 0.377 e. The minimum Gasteiger partial charge on any atom is -0.377 e. The van der Waals surface area contributed by atoms with E-state index in [4.69, 9.17) is 4.74 Å². The van der Waals surface area contributed by atoms with Crippen molar-refractivity contribution >= 4 is 5.78 Å². The zero-order valence-electron chi connectivity index (χ0n) is 11.9. The normalized spacial score (nSPS) is 25.6. The quantitative estimate of drug-likeness (QED) is 0.603. The van der Waals surface area contributed by atoms with E-state index in [-0.39, 0.29) is 11.5 Å². The number of Topliss-reactive ketones (excluding diaryl/α,β-unsaturated/α-hetero) is 1. The smallest absolute Gasteiger partial charge is 0.144 e. The molecular formula is C16H28O2. The monoisotopic (exact) mass is 252 g/mol. The van der Waals surface area contributed by atoms with Crippen LogP contribution in [0.25, 0.3) is 0 Å². The Morgan fingerprint density at radius 2 is 1.78 bits per heavy atom. The number of ketones is 1. The van der Waals surface area contributed by atoms with Crippen molar-refractivity contribution in [3.05, 3.63) is 0 Å². The zero-order chi connectivity index (χ0) is 12.8. The lowest BCUT2D eigenvalue weighted by molar-refractivity contribution is -0.162. The second-order valence-corrected chi connectivity index (χ2v) is 6.12. The summed E-state index contributed by atoms with van der Waals surface area (Å²) in [6.45, 7) is 3.11. The van der Waals surface area contributed by atoms with E-state index in [0.29, 0.717) is 12.2 Å². The van der Waals surface area contributed by atoms with Crippen LogP contribution in [0.1, 0.15) is 77.6 Å². The first-order chi connectivity index (χ1) is 8.79. The lowest BCUT2D eigenvalue weighted by Crippen LogP contribution is -2.53. The second-order valence-electron chi connectivity index (χ2n) is 6.12. The topological polar surface area (TPSA) is 26.3 Å². The maximum absolute atomic E-state index is 11.8. The van der Waals surface area contributed by atoms with Crippen LogP contribution in [-0.4, -0.2) is 18.5 Å². The minimum absolute atomic E-state index is 0.0256. The number of rotatable bonds is 8. The highest BCUT2D eigenvalue weighted by Gasteiger charge is 2.56. The molecule has 2 rings (SSSR count). The first-order valence-electron chi connectivity index (χ1n) is 7.94. The average molecular weight is 252 g/mol. The van der Waals surface area contributed by atoms with Crippen molar-refractivity contribution in [1.82, 2.24) is 0 Å². The Morgan fingerprint density at radius 1 is 1.11 bits per heavy atom. The fourth-order valence-electron chi connectivity index (χ4n) is 3.55. The van der Waals surface area contributed by atoms with Crippen LogP contribution in [0.15, 0.2) is 0 Å². The highest BCUT2D eigenvalue weighted by atomic mass is 16.5. The van der Waals surface area contributed by atoms with Crippen LogP contribution in [0.2, 0.25) is 0 Å². The Labute approximate surface area is 111 Å². The van der Waals surface area contributed by atoms with Crippen molar-refractivity contribution in [1.29, 1.82) is 0 Å². The fraction of sp³-hybridized carbons (Fsp3) is 0.938. The maximum Gasteiger partial charge on any atom is 0.144 e. The molecule has 2 heteroatoms. The van der Waals surface area contributed by atoms with Crippen molar-refractivity contribution < 1.29 is 9.53 Å². The van der Waals surface area contributed by atoms with Gasteiger partial charge in [-0.15, -0.1) is 0 Å². The molecule has 0 aromatic rings.